The Bertz CT molecular complexity index is 675. The highest BCUT2D eigenvalue weighted by Gasteiger charge is 2.77. The van der Waals surface area contributed by atoms with Gasteiger partial charge >= 0.3 is 0 Å². The van der Waals surface area contributed by atoms with Crippen molar-refractivity contribution in [1.82, 2.24) is 0 Å². The Balaban J connectivity index is 1.45. The van der Waals surface area contributed by atoms with Crippen molar-refractivity contribution in [2.45, 2.75) is 78.2 Å². The molecule has 0 N–H and O–H groups in total. The maximum absolute atomic E-state index is 8.75. The second-order valence-corrected chi connectivity index (χ2v) is 11.4. The fourth-order valence-corrected chi connectivity index (χ4v) is 9.85. The van der Waals surface area contributed by atoms with Crippen LogP contribution in [-0.2, 0) is 4.74 Å². The van der Waals surface area contributed by atoms with Crippen LogP contribution in [0, 0.1) is 51.8 Å². The van der Waals surface area contributed by atoms with E-state index in [4.69, 9.17) is 10.3 Å². The number of fused-ring (bicyclic) bond motifs is 4. The first-order valence-corrected chi connectivity index (χ1v) is 11.5. The fourth-order valence-electron chi connectivity index (χ4n) is 9.85. The Morgan fingerprint density at radius 1 is 1.15 bits per heavy atom. The molecule has 5 saturated carbocycles. The molecule has 0 saturated heterocycles. The van der Waals surface area contributed by atoms with Crippen LogP contribution >= 0.6 is 0 Å². The third-order valence-electron chi connectivity index (χ3n) is 11.0. The van der Waals surface area contributed by atoms with Crippen molar-refractivity contribution >= 4 is 0 Å². The first kappa shape index (κ1) is 18.3. The molecule has 4 nitrogen and oxygen atoms in total. The van der Waals surface area contributed by atoms with Gasteiger partial charge in [0.15, 0.2) is 0 Å². The van der Waals surface area contributed by atoms with Crippen molar-refractivity contribution in [3.63, 3.8) is 0 Å². The number of ether oxygens (including phenoxy) is 1. The Morgan fingerprint density at radius 2 is 1.96 bits per heavy atom. The zero-order chi connectivity index (χ0) is 19.0. The first-order valence-electron chi connectivity index (χ1n) is 11.5. The molecule has 5 fully saturated rings. The van der Waals surface area contributed by atoms with Gasteiger partial charge in [-0.15, -0.1) is 0 Å². The van der Waals surface area contributed by atoms with Gasteiger partial charge in [-0.05, 0) is 103 Å². The van der Waals surface area contributed by atoms with Crippen LogP contribution in [0.15, 0.2) is 5.11 Å². The molecule has 0 unspecified atom stereocenters. The van der Waals surface area contributed by atoms with Crippen LogP contribution in [-0.4, -0.2) is 19.8 Å². The highest BCUT2D eigenvalue weighted by atomic mass is 16.5. The Morgan fingerprint density at radius 3 is 2.67 bits per heavy atom. The van der Waals surface area contributed by atoms with E-state index >= 15 is 0 Å². The lowest BCUT2D eigenvalue weighted by Gasteiger charge is -2.61. The highest BCUT2D eigenvalue weighted by Crippen LogP contribution is 2.82. The van der Waals surface area contributed by atoms with E-state index in [1.165, 1.54) is 51.4 Å². The molecule has 1 spiro atoms. The molecule has 5 aliphatic carbocycles. The molecule has 0 aromatic carbocycles. The van der Waals surface area contributed by atoms with Crippen molar-refractivity contribution < 1.29 is 4.74 Å². The summed E-state index contributed by atoms with van der Waals surface area (Å²) in [5, 5.41) is 3.92. The predicted molar refractivity (Wildman–Crippen MR) is 107 cm³/mol. The zero-order valence-corrected chi connectivity index (χ0v) is 17.7. The summed E-state index contributed by atoms with van der Waals surface area (Å²) in [7, 11) is 1.98. The van der Waals surface area contributed by atoms with Crippen LogP contribution in [0.3, 0.4) is 0 Å². The Labute approximate surface area is 164 Å². The largest absolute Gasteiger partial charge is 0.381 e. The third-order valence-corrected chi connectivity index (χ3v) is 11.0. The molecule has 150 valence electrons. The van der Waals surface area contributed by atoms with Gasteiger partial charge in [0.2, 0.25) is 0 Å². The Hall–Kier alpha value is -0.730. The maximum Gasteiger partial charge on any atom is 0.0638 e. The molecule has 10 atom stereocenters. The van der Waals surface area contributed by atoms with E-state index < -0.39 is 0 Å². The summed E-state index contributed by atoms with van der Waals surface area (Å²) < 4.78 is 6.22. The second kappa shape index (κ2) is 5.89. The zero-order valence-electron chi connectivity index (χ0n) is 17.7. The van der Waals surface area contributed by atoms with E-state index in [2.05, 4.69) is 30.8 Å². The van der Waals surface area contributed by atoms with Crippen molar-refractivity contribution in [2.75, 3.05) is 13.7 Å². The summed E-state index contributed by atoms with van der Waals surface area (Å²) >= 11 is 0. The van der Waals surface area contributed by atoms with Crippen LogP contribution in [0.25, 0.3) is 10.4 Å². The van der Waals surface area contributed by atoms with E-state index in [0.717, 1.165) is 29.6 Å². The average Bonchev–Trinajstić information content (AvgIpc) is 3.16. The standard InChI is InChI=1S/C23H37N3O/c1-14(13-25-26-24)17-5-6-18-16-11-20(27-4)23-12-15(23)7-10-22(23,3)19(16)8-9-21(17,18)2/h14-20H,5-13H2,1-4H3/t14-,15-,16+,17-,18+,19+,20-,21-,22-,23+/m1/s1. The van der Waals surface area contributed by atoms with Gasteiger partial charge in [-0.3, -0.25) is 0 Å². The maximum atomic E-state index is 8.75. The molecule has 0 amide bonds. The molecule has 0 bridgehead atoms. The van der Waals surface area contributed by atoms with Gasteiger partial charge in [0.25, 0.3) is 0 Å². The summed E-state index contributed by atoms with van der Waals surface area (Å²) in [6, 6.07) is 0. The first-order chi connectivity index (χ1) is 12.9. The van der Waals surface area contributed by atoms with Crippen molar-refractivity contribution in [1.29, 1.82) is 0 Å². The smallest absolute Gasteiger partial charge is 0.0638 e. The molecule has 0 heterocycles. The van der Waals surface area contributed by atoms with E-state index in [9.17, 15) is 0 Å². The summed E-state index contributed by atoms with van der Waals surface area (Å²) in [5.41, 5.74) is 10.2. The molecular weight excluding hydrogens is 334 g/mol. The van der Waals surface area contributed by atoms with Crippen LogP contribution < -0.4 is 0 Å². The van der Waals surface area contributed by atoms with Crippen molar-refractivity contribution in [2.24, 2.45) is 56.9 Å². The number of hydrogen-bond acceptors (Lipinski definition) is 2. The summed E-state index contributed by atoms with van der Waals surface area (Å²) in [6.45, 7) is 8.23. The number of azide groups is 1. The Kier molecular flexibility index (Phi) is 3.99. The SMILES string of the molecule is CO[C@@H]1C[C@H]2[C@@H]3CC[C@H]([C@H](C)CN=[N+]=[N-])[C@@]3(C)CC[C@@H]2[C@@]2(C)CC[C@@H]3C[C@]312. The topological polar surface area (TPSA) is 58.0 Å². The lowest BCUT2D eigenvalue weighted by atomic mass is 9.45. The quantitative estimate of drug-likeness (QED) is 0.329. The molecule has 27 heavy (non-hydrogen) atoms. The fraction of sp³-hybridized carbons (Fsp3) is 1.00. The minimum Gasteiger partial charge on any atom is -0.381 e. The molecule has 0 aliphatic heterocycles. The molecule has 5 rings (SSSR count). The van der Waals surface area contributed by atoms with E-state index in [1.807, 2.05) is 7.11 Å². The molecule has 4 heteroatoms. The van der Waals surface area contributed by atoms with Gasteiger partial charge in [-0.1, -0.05) is 25.9 Å². The van der Waals surface area contributed by atoms with Gasteiger partial charge in [0.1, 0.15) is 0 Å². The highest BCUT2D eigenvalue weighted by molar-refractivity contribution is 5.26. The van der Waals surface area contributed by atoms with Gasteiger partial charge in [0, 0.05) is 24.0 Å². The number of hydrogen-bond donors (Lipinski definition) is 0. The average molecular weight is 372 g/mol. The van der Waals surface area contributed by atoms with E-state index in [0.29, 0.717) is 34.8 Å². The number of rotatable bonds is 4. The number of nitrogens with zero attached hydrogens (tertiary/aromatic N) is 3. The number of methoxy groups -OCH3 is 1. The van der Waals surface area contributed by atoms with Gasteiger partial charge in [0.05, 0.1) is 6.10 Å². The monoisotopic (exact) mass is 371 g/mol. The lowest BCUT2D eigenvalue weighted by molar-refractivity contribution is -0.160. The van der Waals surface area contributed by atoms with Crippen LogP contribution in [0.4, 0.5) is 0 Å². The molecule has 0 aromatic rings. The predicted octanol–water partition coefficient (Wildman–Crippen LogP) is 6.22. The minimum atomic E-state index is 0.437. The van der Waals surface area contributed by atoms with Gasteiger partial charge in [-0.25, -0.2) is 0 Å². The van der Waals surface area contributed by atoms with Gasteiger partial charge < -0.3 is 4.74 Å². The lowest BCUT2D eigenvalue weighted by Crippen LogP contribution is -2.57. The molecule has 5 aliphatic rings. The summed E-state index contributed by atoms with van der Waals surface area (Å²) in [4.78, 5) is 3.03. The molecule has 0 radical (unpaired) electrons. The van der Waals surface area contributed by atoms with E-state index in [-0.39, 0.29) is 0 Å². The van der Waals surface area contributed by atoms with E-state index in [1.54, 1.807) is 0 Å². The van der Waals surface area contributed by atoms with Crippen LogP contribution in [0.1, 0.15) is 72.1 Å². The molecular formula is C23H37N3O. The molecule has 0 aromatic heterocycles. The van der Waals surface area contributed by atoms with Crippen molar-refractivity contribution in [3.05, 3.63) is 10.4 Å². The second-order valence-electron chi connectivity index (χ2n) is 11.4. The summed E-state index contributed by atoms with van der Waals surface area (Å²) in [5.74, 6) is 4.80. The summed E-state index contributed by atoms with van der Waals surface area (Å²) in [6.07, 6.45) is 11.7. The normalized spacial score (nSPS) is 56.3. The third kappa shape index (κ3) is 2.12. The van der Waals surface area contributed by atoms with Crippen molar-refractivity contribution in [3.8, 4) is 0 Å². The van der Waals surface area contributed by atoms with Crippen LogP contribution in [0.2, 0.25) is 0 Å². The minimum absolute atomic E-state index is 0.437. The van der Waals surface area contributed by atoms with Crippen LogP contribution in [0.5, 0.6) is 0 Å². The van der Waals surface area contributed by atoms with Gasteiger partial charge in [-0.2, -0.15) is 0 Å².